The summed E-state index contributed by atoms with van der Waals surface area (Å²) in [5.74, 6) is -0.0910. The second-order valence-electron chi connectivity index (χ2n) is 4.52. The zero-order chi connectivity index (χ0) is 14.7. The molecule has 0 radical (unpaired) electrons. The summed E-state index contributed by atoms with van der Waals surface area (Å²) < 4.78 is 1.86. The maximum atomic E-state index is 12.4. The third-order valence-electron chi connectivity index (χ3n) is 2.93. The molecule has 1 amide bonds. The molecule has 0 aliphatic heterocycles. The van der Waals surface area contributed by atoms with Crippen molar-refractivity contribution in [1.82, 2.24) is 4.90 Å². The molecule has 0 aliphatic carbocycles. The number of rotatable bonds is 3. The molecule has 0 atom stereocenters. The summed E-state index contributed by atoms with van der Waals surface area (Å²) in [7, 11) is 1.77. The molecule has 0 saturated heterocycles. The van der Waals surface area contributed by atoms with Crippen molar-refractivity contribution in [2.45, 2.75) is 6.54 Å². The highest BCUT2D eigenvalue weighted by Crippen LogP contribution is 2.20. The molecule has 2 aromatic rings. The lowest BCUT2D eigenvalue weighted by atomic mass is 10.1. The van der Waals surface area contributed by atoms with Crippen LogP contribution in [0.25, 0.3) is 0 Å². The Kier molecular flexibility index (Phi) is 4.83. The summed E-state index contributed by atoms with van der Waals surface area (Å²) in [6, 6.07) is 13.2. The van der Waals surface area contributed by atoms with Gasteiger partial charge in [0, 0.05) is 28.2 Å². The van der Waals surface area contributed by atoms with E-state index in [-0.39, 0.29) is 5.91 Å². The lowest BCUT2D eigenvalue weighted by molar-refractivity contribution is 0.0786. The molecule has 2 N–H and O–H groups in total. The fourth-order valence-corrected chi connectivity index (χ4v) is 2.48. The molecule has 0 heterocycles. The van der Waals surface area contributed by atoms with Crippen LogP contribution in [0.15, 0.2) is 51.4 Å². The first-order valence-electron chi connectivity index (χ1n) is 6.02. The van der Waals surface area contributed by atoms with E-state index in [0.29, 0.717) is 17.8 Å². The molecule has 0 fully saturated rings. The number of amides is 1. The number of benzene rings is 2. The van der Waals surface area contributed by atoms with Crippen LogP contribution in [0.1, 0.15) is 15.9 Å². The lowest BCUT2D eigenvalue weighted by Gasteiger charge is -2.18. The fourth-order valence-electron chi connectivity index (χ4n) is 1.85. The van der Waals surface area contributed by atoms with E-state index >= 15 is 0 Å². The summed E-state index contributed by atoms with van der Waals surface area (Å²) in [6.07, 6.45) is 0. The van der Waals surface area contributed by atoms with Crippen LogP contribution in [0.4, 0.5) is 5.69 Å². The minimum absolute atomic E-state index is 0.0910. The zero-order valence-corrected chi connectivity index (χ0v) is 14.1. The van der Waals surface area contributed by atoms with Crippen LogP contribution in [0.3, 0.4) is 0 Å². The van der Waals surface area contributed by atoms with Crippen LogP contribution in [-0.2, 0) is 6.54 Å². The van der Waals surface area contributed by atoms with E-state index < -0.39 is 0 Å². The number of nitrogen functional groups attached to an aromatic ring is 1. The van der Waals surface area contributed by atoms with Crippen LogP contribution in [0, 0.1) is 0 Å². The lowest BCUT2D eigenvalue weighted by Crippen LogP contribution is -2.27. The van der Waals surface area contributed by atoms with Gasteiger partial charge >= 0.3 is 0 Å². The van der Waals surface area contributed by atoms with Crippen molar-refractivity contribution in [1.29, 1.82) is 0 Å². The van der Waals surface area contributed by atoms with Gasteiger partial charge < -0.3 is 10.6 Å². The van der Waals surface area contributed by atoms with Gasteiger partial charge in [-0.15, -0.1) is 0 Å². The molecule has 2 rings (SSSR count). The fraction of sp³-hybridized carbons (Fsp3) is 0.133. The van der Waals surface area contributed by atoms with Crippen molar-refractivity contribution in [3.05, 3.63) is 62.5 Å². The van der Waals surface area contributed by atoms with Crippen LogP contribution >= 0.6 is 31.9 Å². The number of halogens is 2. The van der Waals surface area contributed by atoms with E-state index in [9.17, 15) is 4.79 Å². The highest BCUT2D eigenvalue weighted by Gasteiger charge is 2.15. The van der Waals surface area contributed by atoms with Gasteiger partial charge in [0.15, 0.2) is 0 Å². The number of anilines is 1. The molecule has 20 heavy (non-hydrogen) atoms. The molecule has 0 unspecified atom stereocenters. The quantitative estimate of drug-likeness (QED) is 0.793. The number of hydrogen-bond acceptors (Lipinski definition) is 2. The van der Waals surface area contributed by atoms with Crippen molar-refractivity contribution < 1.29 is 4.79 Å². The summed E-state index contributed by atoms with van der Waals surface area (Å²) >= 11 is 6.75. The Morgan fingerprint density at radius 2 is 1.70 bits per heavy atom. The highest BCUT2D eigenvalue weighted by molar-refractivity contribution is 9.10. The summed E-state index contributed by atoms with van der Waals surface area (Å²) in [5, 5.41) is 0. The smallest absolute Gasteiger partial charge is 0.256 e. The van der Waals surface area contributed by atoms with Crippen LogP contribution in [0.2, 0.25) is 0 Å². The molecule has 0 spiro atoms. The number of nitrogens with two attached hydrogens (primary N) is 1. The molecular weight excluding hydrogens is 384 g/mol. The predicted octanol–water partition coefficient (Wildman–Crippen LogP) is 4.07. The van der Waals surface area contributed by atoms with E-state index in [2.05, 4.69) is 31.9 Å². The van der Waals surface area contributed by atoms with Crippen molar-refractivity contribution in [3.63, 3.8) is 0 Å². The van der Waals surface area contributed by atoms with Gasteiger partial charge in [0.25, 0.3) is 5.91 Å². The van der Waals surface area contributed by atoms with E-state index in [0.717, 1.165) is 14.5 Å². The van der Waals surface area contributed by atoms with Gasteiger partial charge in [0.1, 0.15) is 0 Å². The molecule has 3 nitrogen and oxygen atoms in total. The maximum absolute atomic E-state index is 12.4. The van der Waals surface area contributed by atoms with Crippen molar-refractivity contribution in [3.8, 4) is 0 Å². The van der Waals surface area contributed by atoms with Crippen LogP contribution in [-0.4, -0.2) is 17.9 Å². The summed E-state index contributed by atoms with van der Waals surface area (Å²) in [5.41, 5.74) is 7.93. The molecule has 2 aromatic carbocycles. The predicted molar refractivity (Wildman–Crippen MR) is 88.5 cm³/mol. The van der Waals surface area contributed by atoms with Gasteiger partial charge in [-0.25, -0.2) is 0 Å². The third-order valence-corrected chi connectivity index (χ3v) is 3.95. The number of nitrogens with zero attached hydrogens (tertiary/aromatic N) is 1. The Morgan fingerprint density at radius 3 is 2.35 bits per heavy atom. The van der Waals surface area contributed by atoms with E-state index in [1.165, 1.54) is 0 Å². The molecule has 0 bridgehead atoms. The topological polar surface area (TPSA) is 46.3 Å². The van der Waals surface area contributed by atoms with E-state index in [4.69, 9.17) is 5.73 Å². The number of hydrogen-bond donors (Lipinski definition) is 1. The van der Waals surface area contributed by atoms with Gasteiger partial charge in [-0.05, 0) is 35.9 Å². The van der Waals surface area contributed by atoms with Gasteiger partial charge in [-0.3, -0.25) is 4.79 Å². The monoisotopic (exact) mass is 396 g/mol. The normalized spacial score (nSPS) is 10.3. The first-order chi connectivity index (χ1) is 9.47. The van der Waals surface area contributed by atoms with E-state index in [1.807, 2.05) is 30.3 Å². The van der Waals surface area contributed by atoms with Crippen molar-refractivity contribution >= 4 is 43.5 Å². The standard InChI is InChI=1S/C15H14Br2N2O/c1-19(9-10-2-4-11(16)5-3-10)15(20)13-8-12(17)6-7-14(13)18/h2-8H,9,18H2,1H3. The van der Waals surface area contributed by atoms with Gasteiger partial charge in [0.2, 0.25) is 0 Å². The Morgan fingerprint density at radius 1 is 1.10 bits per heavy atom. The van der Waals surface area contributed by atoms with Crippen molar-refractivity contribution in [2.24, 2.45) is 0 Å². The third kappa shape index (κ3) is 3.61. The summed E-state index contributed by atoms with van der Waals surface area (Å²) in [4.78, 5) is 14.1. The zero-order valence-electron chi connectivity index (χ0n) is 10.9. The minimum atomic E-state index is -0.0910. The van der Waals surface area contributed by atoms with Crippen LogP contribution < -0.4 is 5.73 Å². The Hall–Kier alpha value is -1.33. The van der Waals surface area contributed by atoms with E-state index in [1.54, 1.807) is 24.1 Å². The Balaban J connectivity index is 2.16. The molecule has 0 aromatic heterocycles. The second kappa shape index (κ2) is 6.41. The van der Waals surface area contributed by atoms with Gasteiger partial charge in [-0.1, -0.05) is 44.0 Å². The number of carbonyl (C=O) groups excluding carboxylic acids is 1. The summed E-state index contributed by atoms with van der Waals surface area (Å²) in [6.45, 7) is 0.540. The first-order valence-corrected chi connectivity index (χ1v) is 7.61. The molecule has 5 heteroatoms. The molecule has 0 saturated carbocycles. The first kappa shape index (κ1) is 15.1. The van der Waals surface area contributed by atoms with Crippen molar-refractivity contribution in [2.75, 3.05) is 12.8 Å². The number of carbonyl (C=O) groups is 1. The van der Waals surface area contributed by atoms with Gasteiger partial charge in [-0.2, -0.15) is 0 Å². The molecule has 0 aliphatic rings. The Bertz CT molecular complexity index is 626. The Labute approximate surface area is 135 Å². The van der Waals surface area contributed by atoms with Gasteiger partial charge in [0.05, 0.1) is 5.56 Å². The van der Waals surface area contributed by atoms with Crippen LogP contribution in [0.5, 0.6) is 0 Å². The average Bonchev–Trinajstić information content (AvgIpc) is 2.43. The maximum Gasteiger partial charge on any atom is 0.256 e. The second-order valence-corrected chi connectivity index (χ2v) is 6.35. The average molecular weight is 398 g/mol. The molecular formula is C15H14Br2N2O. The minimum Gasteiger partial charge on any atom is -0.398 e. The highest BCUT2D eigenvalue weighted by atomic mass is 79.9. The largest absolute Gasteiger partial charge is 0.398 e. The SMILES string of the molecule is CN(Cc1ccc(Br)cc1)C(=O)c1cc(Br)ccc1N. The molecule has 104 valence electrons.